The Kier molecular flexibility index (Phi) is 7.86. The molecule has 0 aliphatic rings. The number of para-hydroxylation sites is 2. The molecule has 2 nitrogen and oxygen atoms in total. The zero-order valence-corrected chi connectivity index (χ0v) is 24.5. The number of rotatable bonds is 9. The van der Waals surface area contributed by atoms with Crippen molar-refractivity contribution in [1.82, 2.24) is 0 Å². The largest absolute Gasteiger partial charge is 0.544 e. The maximum absolute atomic E-state index is 6.32. The molecular weight excluding hydrogens is 473 g/mol. The van der Waals surface area contributed by atoms with E-state index in [0.29, 0.717) is 0 Å². The summed E-state index contributed by atoms with van der Waals surface area (Å²) in [5, 5.41) is 0. The van der Waals surface area contributed by atoms with Crippen LogP contribution in [-0.2, 0) is 12.8 Å². The predicted molar refractivity (Wildman–Crippen MR) is 158 cm³/mol. The molecule has 0 N–H and O–H groups in total. The molecule has 186 valence electrons. The van der Waals surface area contributed by atoms with Gasteiger partial charge in [-0.25, -0.2) is 0 Å². The van der Waals surface area contributed by atoms with Crippen LogP contribution in [0.5, 0.6) is 11.5 Å². The highest BCUT2D eigenvalue weighted by Crippen LogP contribution is 2.28. The smallest absolute Gasteiger partial charge is 0.242 e. The maximum Gasteiger partial charge on any atom is 0.242 e. The maximum atomic E-state index is 6.32. The van der Waals surface area contributed by atoms with Gasteiger partial charge in [0, 0.05) is 12.8 Å². The second-order valence-corrected chi connectivity index (χ2v) is 20.2. The topological polar surface area (TPSA) is 18.5 Å². The summed E-state index contributed by atoms with van der Waals surface area (Å²) in [6.45, 7) is 13.4. The molecule has 36 heavy (non-hydrogen) atoms. The van der Waals surface area contributed by atoms with Gasteiger partial charge in [-0.2, -0.15) is 0 Å². The standard InChI is InChI=1S/C32H38O2Si2/c1-35(2,3)33-31-13-9-7-11-29(31)23-25-15-19-27(20-16-25)28-21-17-26(18-22-28)24-30-12-8-10-14-32(30)34-36(4,5)6/h7-22H,23-24H2,1-6H3. The molecule has 0 aromatic heterocycles. The van der Waals surface area contributed by atoms with E-state index >= 15 is 0 Å². The third-order valence-electron chi connectivity index (χ3n) is 5.81. The zero-order chi connectivity index (χ0) is 25.8. The lowest BCUT2D eigenvalue weighted by Gasteiger charge is -2.21. The summed E-state index contributed by atoms with van der Waals surface area (Å²) >= 11 is 0. The van der Waals surface area contributed by atoms with Crippen LogP contribution in [0.2, 0.25) is 39.3 Å². The Morgan fingerprint density at radius 2 is 0.778 bits per heavy atom. The molecule has 0 heterocycles. The molecule has 0 fully saturated rings. The Labute approximate surface area is 219 Å². The van der Waals surface area contributed by atoms with E-state index in [1.807, 2.05) is 0 Å². The monoisotopic (exact) mass is 510 g/mol. The van der Waals surface area contributed by atoms with Crippen LogP contribution in [0.3, 0.4) is 0 Å². The first-order valence-electron chi connectivity index (χ1n) is 12.8. The van der Waals surface area contributed by atoms with Gasteiger partial charge in [0.15, 0.2) is 0 Å². The molecule has 0 saturated heterocycles. The Bertz CT molecular complexity index is 1180. The van der Waals surface area contributed by atoms with Crippen LogP contribution >= 0.6 is 0 Å². The third-order valence-corrected chi connectivity index (χ3v) is 7.47. The summed E-state index contributed by atoms with van der Waals surface area (Å²) < 4.78 is 12.6. The lowest BCUT2D eigenvalue weighted by molar-refractivity contribution is 0.550. The highest BCUT2D eigenvalue weighted by atomic mass is 28.4. The first-order valence-corrected chi connectivity index (χ1v) is 19.6. The Morgan fingerprint density at radius 3 is 1.11 bits per heavy atom. The summed E-state index contributed by atoms with van der Waals surface area (Å²) in [5.74, 6) is 2.04. The molecule has 0 saturated carbocycles. The second-order valence-electron chi connectivity index (χ2n) is 11.4. The summed E-state index contributed by atoms with van der Waals surface area (Å²) in [6, 6.07) is 34.7. The second kappa shape index (κ2) is 10.9. The molecule has 0 atom stereocenters. The van der Waals surface area contributed by atoms with Gasteiger partial charge in [0.25, 0.3) is 0 Å². The van der Waals surface area contributed by atoms with Crippen LogP contribution in [0.4, 0.5) is 0 Å². The number of hydrogen-bond acceptors (Lipinski definition) is 2. The van der Waals surface area contributed by atoms with Gasteiger partial charge < -0.3 is 8.85 Å². The Hall–Kier alpha value is -3.09. The minimum absolute atomic E-state index is 0.874. The van der Waals surface area contributed by atoms with Crippen LogP contribution < -0.4 is 8.85 Å². The summed E-state index contributed by atoms with van der Waals surface area (Å²) in [4.78, 5) is 0. The summed E-state index contributed by atoms with van der Waals surface area (Å²) in [7, 11) is -3.30. The lowest BCUT2D eigenvalue weighted by atomic mass is 9.98. The molecule has 4 aromatic carbocycles. The molecule has 0 bridgehead atoms. The SMILES string of the molecule is C[Si](C)(C)Oc1ccccc1Cc1ccc(-c2ccc(Cc3ccccc3O[Si](C)(C)C)cc2)cc1. The average molecular weight is 511 g/mol. The first-order chi connectivity index (χ1) is 17.1. The van der Waals surface area contributed by atoms with Crippen molar-refractivity contribution in [3.05, 3.63) is 119 Å². The third kappa shape index (κ3) is 7.46. The molecule has 4 aromatic rings. The van der Waals surface area contributed by atoms with Crippen LogP contribution in [-0.4, -0.2) is 16.6 Å². The van der Waals surface area contributed by atoms with Gasteiger partial charge in [-0.15, -0.1) is 0 Å². The highest BCUT2D eigenvalue weighted by molar-refractivity contribution is 6.70. The molecular formula is C32H38O2Si2. The van der Waals surface area contributed by atoms with E-state index in [4.69, 9.17) is 8.85 Å². The fourth-order valence-corrected chi connectivity index (χ4v) is 5.95. The van der Waals surface area contributed by atoms with Crippen molar-refractivity contribution in [3.8, 4) is 22.6 Å². The van der Waals surface area contributed by atoms with E-state index in [1.165, 1.54) is 33.4 Å². The van der Waals surface area contributed by atoms with E-state index in [1.54, 1.807) is 0 Å². The predicted octanol–water partition coefficient (Wildman–Crippen LogP) is 8.96. The van der Waals surface area contributed by atoms with Crippen LogP contribution in [0, 0.1) is 0 Å². The number of hydrogen-bond donors (Lipinski definition) is 0. The van der Waals surface area contributed by atoms with Gasteiger partial charge in [-0.1, -0.05) is 84.9 Å². The summed E-state index contributed by atoms with van der Waals surface area (Å²) in [6.07, 6.45) is 1.75. The normalized spacial score (nSPS) is 11.8. The van der Waals surface area contributed by atoms with Gasteiger partial charge in [-0.3, -0.25) is 0 Å². The Morgan fingerprint density at radius 1 is 0.444 bits per heavy atom. The first kappa shape index (κ1) is 26.0. The number of benzene rings is 4. The lowest BCUT2D eigenvalue weighted by Crippen LogP contribution is -2.29. The molecule has 0 unspecified atom stereocenters. The van der Waals surface area contributed by atoms with E-state index in [9.17, 15) is 0 Å². The fraction of sp³-hybridized carbons (Fsp3) is 0.250. The van der Waals surface area contributed by atoms with E-state index in [-0.39, 0.29) is 0 Å². The van der Waals surface area contributed by atoms with Crippen LogP contribution in [0.15, 0.2) is 97.1 Å². The van der Waals surface area contributed by atoms with Crippen molar-refractivity contribution in [1.29, 1.82) is 0 Å². The van der Waals surface area contributed by atoms with Crippen LogP contribution in [0.1, 0.15) is 22.3 Å². The van der Waals surface area contributed by atoms with Gasteiger partial charge in [0.1, 0.15) is 11.5 Å². The molecule has 0 radical (unpaired) electrons. The van der Waals surface area contributed by atoms with Gasteiger partial charge in [-0.05, 0) is 84.8 Å². The van der Waals surface area contributed by atoms with Gasteiger partial charge in [0.05, 0.1) is 0 Å². The molecule has 4 rings (SSSR count). The van der Waals surface area contributed by atoms with E-state index in [2.05, 4.69) is 136 Å². The summed E-state index contributed by atoms with van der Waals surface area (Å²) in [5.41, 5.74) is 7.55. The fourth-order valence-electron chi connectivity index (χ4n) is 4.23. The van der Waals surface area contributed by atoms with E-state index < -0.39 is 16.6 Å². The average Bonchev–Trinajstić information content (AvgIpc) is 2.81. The van der Waals surface area contributed by atoms with Crippen molar-refractivity contribution >= 4 is 16.6 Å². The Balaban J connectivity index is 1.45. The van der Waals surface area contributed by atoms with Crippen molar-refractivity contribution in [2.75, 3.05) is 0 Å². The molecule has 4 heteroatoms. The zero-order valence-electron chi connectivity index (χ0n) is 22.5. The van der Waals surface area contributed by atoms with Gasteiger partial charge >= 0.3 is 0 Å². The minimum Gasteiger partial charge on any atom is -0.544 e. The minimum atomic E-state index is -1.65. The van der Waals surface area contributed by atoms with Crippen LogP contribution in [0.25, 0.3) is 11.1 Å². The van der Waals surface area contributed by atoms with Crippen molar-refractivity contribution in [2.24, 2.45) is 0 Å². The van der Waals surface area contributed by atoms with Crippen molar-refractivity contribution < 1.29 is 8.85 Å². The molecule has 0 amide bonds. The van der Waals surface area contributed by atoms with Crippen molar-refractivity contribution in [2.45, 2.75) is 52.1 Å². The van der Waals surface area contributed by atoms with Gasteiger partial charge in [0.2, 0.25) is 16.6 Å². The molecule has 0 aliphatic heterocycles. The molecule has 0 aliphatic carbocycles. The van der Waals surface area contributed by atoms with E-state index in [0.717, 1.165) is 24.3 Å². The van der Waals surface area contributed by atoms with Crippen molar-refractivity contribution in [3.63, 3.8) is 0 Å². The molecule has 0 spiro atoms. The highest BCUT2D eigenvalue weighted by Gasteiger charge is 2.19. The quantitative estimate of drug-likeness (QED) is 0.209.